The summed E-state index contributed by atoms with van der Waals surface area (Å²) >= 11 is 0. The number of carboxylic acid groups (broad SMARTS) is 1. The molecule has 31 heavy (non-hydrogen) atoms. The SMILES string of the molecule is Cc1c(OCC(=O)N[C@@H](CCCN=C(N)N)C(=O)O)ccc2c3c(c(=O)oc12)CCC3. The van der Waals surface area contributed by atoms with Gasteiger partial charge in [-0.25, -0.2) is 9.59 Å². The van der Waals surface area contributed by atoms with Gasteiger partial charge >= 0.3 is 11.6 Å². The number of hydrogen-bond acceptors (Lipinski definition) is 6. The number of aryl methyl sites for hydroxylation is 2. The number of aliphatic carboxylic acids is 1. The number of aliphatic imine (C=N–C) groups is 1. The van der Waals surface area contributed by atoms with Crippen molar-refractivity contribution in [2.24, 2.45) is 16.5 Å². The fraction of sp³-hybridized carbons (Fsp3) is 0.429. The van der Waals surface area contributed by atoms with E-state index >= 15 is 0 Å². The van der Waals surface area contributed by atoms with Crippen LogP contribution in [-0.4, -0.2) is 42.1 Å². The lowest BCUT2D eigenvalue weighted by atomic mass is 10.0. The van der Waals surface area contributed by atoms with Crippen LogP contribution in [0, 0.1) is 6.92 Å². The standard InChI is InChI=1S/C21H26N4O6/c1-11-16(8-7-13-12-4-2-5-14(12)20(29)31-18(11)13)30-10-17(26)25-15(19(27)28)6-3-9-24-21(22)23/h7-8,15H,2-6,9-10H2,1H3,(H,25,26)(H,27,28)(H4,22,23,24)/t15-/m0/s1. The molecular formula is C21H26N4O6. The first-order chi connectivity index (χ1) is 14.8. The predicted molar refractivity (Wildman–Crippen MR) is 114 cm³/mol. The number of carbonyl (C=O) groups excluding carboxylic acids is 1. The minimum Gasteiger partial charge on any atom is -0.483 e. The van der Waals surface area contributed by atoms with Crippen molar-refractivity contribution in [2.45, 2.75) is 45.1 Å². The van der Waals surface area contributed by atoms with E-state index < -0.39 is 17.9 Å². The van der Waals surface area contributed by atoms with Gasteiger partial charge in [-0.15, -0.1) is 0 Å². The summed E-state index contributed by atoms with van der Waals surface area (Å²) in [5.41, 5.74) is 12.9. The highest BCUT2D eigenvalue weighted by atomic mass is 16.5. The second kappa shape index (κ2) is 9.50. The van der Waals surface area contributed by atoms with Gasteiger partial charge in [0.1, 0.15) is 17.4 Å². The van der Waals surface area contributed by atoms with Gasteiger partial charge in [0.15, 0.2) is 12.6 Å². The van der Waals surface area contributed by atoms with E-state index in [-0.39, 0.29) is 31.2 Å². The Morgan fingerprint density at radius 3 is 2.74 bits per heavy atom. The lowest BCUT2D eigenvalue weighted by Gasteiger charge is -2.15. The van der Waals surface area contributed by atoms with Gasteiger partial charge in [0, 0.05) is 23.1 Å². The molecule has 0 saturated carbocycles. The van der Waals surface area contributed by atoms with Gasteiger partial charge in [-0.1, -0.05) is 0 Å². The van der Waals surface area contributed by atoms with Gasteiger partial charge < -0.3 is 31.0 Å². The van der Waals surface area contributed by atoms with E-state index in [9.17, 15) is 19.5 Å². The van der Waals surface area contributed by atoms with Crippen molar-refractivity contribution in [1.82, 2.24) is 5.32 Å². The molecule has 0 radical (unpaired) electrons. The Labute approximate surface area is 178 Å². The second-order valence-corrected chi connectivity index (χ2v) is 7.46. The fourth-order valence-corrected chi connectivity index (χ4v) is 3.76. The van der Waals surface area contributed by atoms with Crippen molar-refractivity contribution in [3.8, 4) is 5.75 Å². The maximum Gasteiger partial charge on any atom is 0.339 e. The number of fused-ring (bicyclic) bond motifs is 3. The molecule has 0 unspecified atom stereocenters. The number of benzene rings is 1. The molecule has 0 bridgehead atoms. The zero-order chi connectivity index (χ0) is 22.5. The zero-order valence-corrected chi connectivity index (χ0v) is 17.3. The summed E-state index contributed by atoms with van der Waals surface area (Å²) in [4.78, 5) is 39.6. The Morgan fingerprint density at radius 2 is 2.03 bits per heavy atom. The number of rotatable bonds is 9. The van der Waals surface area contributed by atoms with E-state index in [0.717, 1.165) is 35.8 Å². The van der Waals surface area contributed by atoms with Crippen molar-refractivity contribution in [2.75, 3.05) is 13.2 Å². The van der Waals surface area contributed by atoms with Crippen LogP contribution >= 0.6 is 0 Å². The second-order valence-electron chi connectivity index (χ2n) is 7.46. The molecule has 3 rings (SSSR count). The Morgan fingerprint density at radius 1 is 1.29 bits per heavy atom. The summed E-state index contributed by atoms with van der Waals surface area (Å²) in [6, 6.07) is 2.48. The summed E-state index contributed by atoms with van der Waals surface area (Å²) in [6.07, 6.45) is 3.04. The highest BCUT2D eigenvalue weighted by molar-refractivity contribution is 5.87. The van der Waals surface area contributed by atoms with Crippen molar-refractivity contribution in [1.29, 1.82) is 0 Å². The van der Waals surface area contributed by atoms with Crippen molar-refractivity contribution in [3.63, 3.8) is 0 Å². The smallest absolute Gasteiger partial charge is 0.339 e. The van der Waals surface area contributed by atoms with Gasteiger partial charge in [0.05, 0.1) is 0 Å². The molecule has 6 N–H and O–H groups in total. The summed E-state index contributed by atoms with van der Waals surface area (Å²) < 4.78 is 11.1. The first kappa shape index (κ1) is 22.1. The maximum atomic E-state index is 12.2. The number of ether oxygens (including phenoxy) is 1. The minimum absolute atomic E-state index is 0.0733. The van der Waals surface area contributed by atoms with Gasteiger partial charge in [0.2, 0.25) is 0 Å². The third-order valence-electron chi connectivity index (χ3n) is 5.28. The molecule has 10 heteroatoms. The largest absolute Gasteiger partial charge is 0.483 e. The molecule has 10 nitrogen and oxygen atoms in total. The van der Waals surface area contributed by atoms with Crippen molar-refractivity contribution in [3.05, 3.63) is 39.2 Å². The van der Waals surface area contributed by atoms with E-state index in [0.29, 0.717) is 23.3 Å². The molecule has 0 spiro atoms. The number of hydrogen-bond donors (Lipinski definition) is 4. The summed E-state index contributed by atoms with van der Waals surface area (Å²) in [7, 11) is 0. The van der Waals surface area contributed by atoms with Crippen molar-refractivity contribution >= 4 is 28.8 Å². The normalized spacial score (nSPS) is 13.5. The number of amides is 1. The highest BCUT2D eigenvalue weighted by Crippen LogP contribution is 2.32. The monoisotopic (exact) mass is 430 g/mol. The average Bonchev–Trinajstić information content (AvgIpc) is 3.21. The van der Waals surface area contributed by atoms with E-state index in [1.807, 2.05) is 6.07 Å². The first-order valence-corrected chi connectivity index (χ1v) is 10.1. The molecule has 166 valence electrons. The molecule has 1 heterocycles. The van der Waals surface area contributed by atoms with Gasteiger partial charge in [-0.05, 0) is 56.7 Å². The number of nitrogens with zero attached hydrogens (tertiary/aromatic N) is 1. The molecule has 1 aromatic carbocycles. The summed E-state index contributed by atoms with van der Waals surface area (Å²) in [5.74, 6) is -1.42. The predicted octanol–water partition coefficient (Wildman–Crippen LogP) is 0.592. The number of nitrogens with two attached hydrogens (primary N) is 2. The van der Waals surface area contributed by atoms with Crippen LogP contribution in [0.2, 0.25) is 0 Å². The number of nitrogens with one attached hydrogen (secondary N) is 1. The number of carboxylic acids is 1. The summed E-state index contributed by atoms with van der Waals surface area (Å²) in [6.45, 7) is 1.65. The van der Waals surface area contributed by atoms with Crippen LogP contribution in [0.4, 0.5) is 0 Å². The van der Waals surface area contributed by atoms with Crippen LogP contribution < -0.4 is 27.1 Å². The van der Waals surface area contributed by atoms with Crippen LogP contribution in [-0.2, 0) is 22.4 Å². The molecule has 1 aliphatic carbocycles. The maximum absolute atomic E-state index is 12.2. The summed E-state index contributed by atoms with van der Waals surface area (Å²) in [5, 5.41) is 12.6. The van der Waals surface area contributed by atoms with Crippen LogP contribution in [0.25, 0.3) is 11.0 Å². The molecular weight excluding hydrogens is 404 g/mol. The Balaban J connectivity index is 1.65. The first-order valence-electron chi connectivity index (χ1n) is 10.1. The lowest BCUT2D eigenvalue weighted by molar-refractivity contribution is -0.142. The molecule has 1 aromatic heterocycles. The fourth-order valence-electron chi connectivity index (χ4n) is 3.76. The van der Waals surface area contributed by atoms with Crippen LogP contribution in [0.1, 0.15) is 36.0 Å². The molecule has 1 aliphatic rings. The average molecular weight is 430 g/mol. The zero-order valence-electron chi connectivity index (χ0n) is 17.3. The Hall–Kier alpha value is -3.56. The molecule has 0 fully saturated rings. The molecule has 0 saturated heterocycles. The molecule has 1 atom stereocenters. The van der Waals surface area contributed by atoms with Gasteiger partial charge in [-0.3, -0.25) is 9.79 Å². The van der Waals surface area contributed by atoms with Crippen molar-refractivity contribution < 1.29 is 23.8 Å². The minimum atomic E-state index is -1.16. The molecule has 2 aromatic rings. The highest BCUT2D eigenvalue weighted by Gasteiger charge is 2.22. The Kier molecular flexibility index (Phi) is 6.78. The number of guanidine groups is 1. The quantitative estimate of drug-likeness (QED) is 0.194. The van der Waals surface area contributed by atoms with E-state index in [1.54, 1.807) is 13.0 Å². The van der Waals surface area contributed by atoms with Crippen LogP contribution in [0.3, 0.4) is 0 Å². The Bertz CT molecular complexity index is 1090. The third kappa shape index (κ3) is 5.14. The van der Waals surface area contributed by atoms with Crippen LogP contribution in [0.15, 0.2) is 26.3 Å². The van der Waals surface area contributed by atoms with Crippen LogP contribution in [0.5, 0.6) is 5.75 Å². The third-order valence-corrected chi connectivity index (χ3v) is 5.28. The van der Waals surface area contributed by atoms with E-state index in [1.165, 1.54) is 0 Å². The lowest BCUT2D eigenvalue weighted by Crippen LogP contribution is -2.43. The topological polar surface area (TPSA) is 170 Å². The van der Waals surface area contributed by atoms with Gasteiger partial charge in [0.25, 0.3) is 5.91 Å². The van der Waals surface area contributed by atoms with Gasteiger partial charge in [-0.2, -0.15) is 0 Å². The van der Waals surface area contributed by atoms with E-state index in [2.05, 4.69) is 10.3 Å². The van der Waals surface area contributed by atoms with E-state index in [4.69, 9.17) is 20.6 Å². The molecule has 0 aliphatic heterocycles. The number of carbonyl (C=O) groups is 2. The molecule has 1 amide bonds.